The molecule has 0 radical (unpaired) electrons. The average molecular weight is 223 g/mol. The summed E-state index contributed by atoms with van der Waals surface area (Å²) in [4.78, 5) is 0. The number of rotatable bonds is 5. The lowest BCUT2D eigenvalue weighted by molar-refractivity contribution is 0.207. The normalized spacial score (nSPS) is 45.2. The van der Waals surface area contributed by atoms with Crippen molar-refractivity contribution in [3.63, 3.8) is 0 Å². The number of hydrogen-bond acceptors (Lipinski definition) is 2. The SMILES string of the molecule is OCCCCNC1CC2CC1C1CCCC21. The van der Waals surface area contributed by atoms with Crippen molar-refractivity contribution < 1.29 is 5.11 Å². The third-order valence-corrected chi connectivity index (χ3v) is 5.42. The van der Waals surface area contributed by atoms with Gasteiger partial charge in [0.1, 0.15) is 0 Å². The van der Waals surface area contributed by atoms with Crippen molar-refractivity contribution in [2.75, 3.05) is 13.2 Å². The molecule has 3 aliphatic carbocycles. The van der Waals surface area contributed by atoms with E-state index < -0.39 is 0 Å². The van der Waals surface area contributed by atoms with E-state index >= 15 is 0 Å². The number of fused-ring (bicyclic) bond motifs is 5. The minimum Gasteiger partial charge on any atom is -0.396 e. The Hall–Kier alpha value is -0.0800. The third kappa shape index (κ3) is 1.80. The van der Waals surface area contributed by atoms with Gasteiger partial charge in [-0.1, -0.05) is 6.42 Å². The Balaban J connectivity index is 1.48. The molecular formula is C14H25NO. The maximum Gasteiger partial charge on any atom is 0.0431 e. The van der Waals surface area contributed by atoms with Crippen LogP contribution in [-0.4, -0.2) is 24.3 Å². The molecular weight excluding hydrogens is 198 g/mol. The first kappa shape index (κ1) is 11.0. The average Bonchev–Trinajstić information content (AvgIpc) is 2.95. The van der Waals surface area contributed by atoms with Gasteiger partial charge in [0.15, 0.2) is 0 Å². The molecule has 5 unspecified atom stereocenters. The van der Waals surface area contributed by atoms with E-state index in [1.165, 1.54) is 32.1 Å². The minimum atomic E-state index is 0.350. The largest absolute Gasteiger partial charge is 0.396 e. The van der Waals surface area contributed by atoms with Gasteiger partial charge in [-0.2, -0.15) is 0 Å². The molecule has 0 amide bonds. The summed E-state index contributed by atoms with van der Waals surface area (Å²) in [5, 5.41) is 12.5. The molecule has 0 aliphatic heterocycles. The second-order valence-electron chi connectivity index (χ2n) is 6.15. The standard InChI is InChI=1S/C14H25NO/c16-7-2-1-6-15-14-9-10-8-13(14)12-5-3-4-11(10)12/h10-16H,1-9H2. The summed E-state index contributed by atoms with van der Waals surface area (Å²) in [7, 11) is 0. The second-order valence-corrected chi connectivity index (χ2v) is 6.15. The predicted octanol–water partition coefficient (Wildman–Crippen LogP) is 2.17. The quantitative estimate of drug-likeness (QED) is 0.700. The van der Waals surface area contributed by atoms with Crippen LogP contribution in [0.3, 0.4) is 0 Å². The van der Waals surface area contributed by atoms with Crippen LogP contribution in [-0.2, 0) is 0 Å². The third-order valence-electron chi connectivity index (χ3n) is 5.42. The molecule has 0 aromatic rings. The molecule has 0 aromatic carbocycles. The van der Waals surface area contributed by atoms with Crippen LogP contribution in [0.15, 0.2) is 0 Å². The maximum absolute atomic E-state index is 8.76. The first-order valence-electron chi connectivity index (χ1n) is 7.24. The van der Waals surface area contributed by atoms with E-state index in [-0.39, 0.29) is 0 Å². The fourth-order valence-electron chi connectivity index (χ4n) is 4.83. The molecule has 0 saturated heterocycles. The van der Waals surface area contributed by atoms with Gasteiger partial charge in [-0.05, 0) is 68.7 Å². The van der Waals surface area contributed by atoms with Crippen LogP contribution < -0.4 is 5.32 Å². The molecule has 3 saturated carbocycles. The summed E-state index contributed by atoms with van der Waals surface area (Å²) < 4.78 is 0. The van der Waals surface area contributed by atoms with Crippen LogP contribution in [0.4, 0.5) is 0 Å². The summed E-state index contributed by atoms with van der Waals surface area (Å²) in [5.41, 5.74) is 0. The highest BCUT2D eigenvalue weighted by Crippen LogP contribution is 2.58. The van der Waals surface area contributed by atoms with Crippen molar-refractivity contribution >= 4 is 0 Å². The summed E-state index contributed by atoms with van der Waals surface area (Å²) in [6.07, 6.45) is 9.61. The van der Waals surface area contributed by atoms with Gasteiger partial charge >= 0.3 is 0 Å². The molecule has 0 aromatic heterocycles. The van der Waals surface area contributed by atoms with Gasteiger partial charge in [0.25, 0.3) is 0 Å². The van der Waals surface area contributed by atoms with E-state index in [0.717, 1.165) is 49.1 Å². The Morgan fingerprint density at radius 3 is 2.75 bits per heavy atom. The number of nitrogens with one attached hydrogen (secondary N) is 1. The van der Waals surface area contributed by atoms with Gasteiger partial charge in [-0.15, -0.1) is 0 Å². The molecule has 5 atom stereocenters. The lowest BCUT2D eigenvalue weighted by Crippen LogP contribution is -2.39. The summed E-state index contributed by atoms with van der Waals surface area (Å²) in [6, 6.07) is 0.822. The van der Waals surface area contributed by atoms with Crippen molar-refractivity contribution in [1.29, 1.82) is 0 Å². The topological polar surface area (TPSA) is 32.3 Å². The number of aliphatic hydroxyl groups is 1. The maximum atomic E-state index is 8.76. The first-order valence-corrected chi connectivity index (χ1v) is 7.24. The fraction of sp³-hybridized carbons (Fsp3) is 1.00. The smallest absolute Gasteiger partial charge is 0.0431 e. The lowest BCUT2D eigenvalue weighted by Gasteiger charge is -2.32. The Morgan fingerprint density at radius 2 is 1.88 bits per heavy atom. The highest BCUT2D eigenvalue weighted by molar-refractivity contribution is 5.05. The van der Waals surface area contributed by atoms with E-state index in [9.17, 15) is 0 Å². The molecule has 0 heterocycles. The van der Waals surface area contributed by atoms with Crippen LogP contribution in [0.2, 0.25) is 0 Å². The van der Waals surface area contributed by atoms with Gasteiger partial charge in [-0.3, -0.25) is 0 Å². The van der Waals surface area contributed by atoms with Crippen molar-refractivity contribution in [1.82, 2.24) is 5.32 Å². The highest BCUT2D eigenvalue weighted by atomic mass is 16.2. The second kappa shape index (κ2) is 4.66. The summed E-state index contributed by atoms with van der Waals surface area (Å²) >= 11 is 0. The van der Waals surface area contributed by atoms with E-state index in [1.807, 2.05) is 0 Å². The van der Waals surface area contributed by atoms with E-state index in [4.69, 9.17) is 5.11 Å². The Bertz CT molecular complexity index is 243. The number of aliphatic hydroxyl groups excluding tert-OH is 1. The summed E-state index contributed by atoms with van der Waals surface area (Å²) in [6.45, 7) is 1.47. The van der Waals surface area contributed by atoms with Gasteiger partial charge in [0, 0.05) is 12.6 Å². The monoisotopic (exact) mass is 223 g/mol. The molecule has 3 aliphatic rings. The molecule has 92 valence electrons. The zero-order valence-corrected chi connectivity index (χ0v) is 10.2. The van der Waals surface area contributed by atoms with Crippen LogP contribution >= 0.6 is 0 Å². The van der Waals surface area contributed by atoms with E-state index in [2.05, 4.69) is 5.32 Å². The Labute approximate surface area is 98.8 Å². The molecule has 3 fully saturated rings. The Morgan fingerprint density at radius 1 is 1.00 bits per heavy atom. The summed E-state index contributed by atoms with van der Waals surface area (Å²) in [5.74, 6) is 4.26. The zero-order chi connectivity index (χ0) is 11.0. The van der Waals surface area contributed by atoms with Crippen LogP contribution in [0.1, 0.15) is 44.9 Å². The van der Waals surface area contributed by atoms with Gasteiger partial charge in [0.2, 0.25) is 0 Å². The fourth-order valence-corrected chi connectivity index (χ4v) is 4.83. The predicted molar refractivity (Wildman–Crippen MR) is 65.2 cm³/mol. The van der Waals surface area contributed by atoms with Gasteiger partial charge in [0.05, 0.1) is 0 Å². The molecule has 2 bridgehead atoms. The zero-order valence-electron chi connectivity index (χ0n) is 10.2. The lowest BCUT2D eigenvalue weighted by atomic mass is 9.79. The molecule has 3 rings (SSSR count). The molecule has 2 nitrogen and oxygen atoms in total. The van der Waals surface area contributed by atoms with Crippen molar-refractivity contribution in [2.24, 2.45) is 23.7 Å². The van der Waals surface area contributed by atoms with Crippen molar-refractivity contribution in [3.05, 3.63) is 0 Å². The highest BCUT2D eigenvalue weighted by Gasteiger charge is 2.53. The van der Waals surface area contributed by atoms with E-state index in [0.29, 0.717) is 6.61 Å². The van der Waals surface area contributed by atoms with Crippen LogP contribution in [0.5, 0.6) is 0 Å². The Kier molecular flexibility index (Phi) is 3.21. The molecule has 2 heteroatoms. The van der Waals surface area contributed by atoms with Crippen LogP contribution in [0.25, 0.3) is 0 Å². The van der Waals surface area contributed by atoms with Crippen molar-refractivity contribution in [2.45, 2.75) is 51.0 Å². The first-order chi connectivity index (χ1) is 7.90. The molecule has 16 heavy (non-hydrogen) atoms. The number of unbranched alkanes of at least 4 members (excludes halogenated alkanes) is 1. The molecule has 0 spiro atoms. The van der Waals surface area contributed by atoms with Gasteiger partial charge in [-0.25, -0.2) is 0 Å². The minimum absolute atomic E-state index is 0.350. The molecule has 2 N–H and O–H groups in total. The van der Waals surface area contributed by atoms with Crippen LogP contribution in [0, 0.1) is 23.7 Å². The van der Waals surface area contributed by atoms with Crippen molar-refractivity contribution in [3.8, 4) is 0 Å². The number of hydrogen-bond donors (Lipinski definition) is 2. The van der Waals surface area contributed by atoms with Gasteiger partial charge < -0.3 is 10.4 Å². The van der Waals surface area contributed by atoms with E-state index in [1.54, 1.807) is 0 Å².